The highest BCUT2D eigenvalue weighted by Gasteiger charge is 2.33. The molecule has 0 atom stereocenters. The number of benzene rings is 2. The minimum atomic E-state index is -3.38. The number of fused-ring (bicyclic) bond motifs is 3. The molecule has 2 aromatic carbocycles. The third-order valence-corrected chi connectivity index (χ3v) is 6.58. The van der Waals surface area contributed by atoms with E-state index in [2.05, 4.69) is 9.71 Å². The predicted octanol–water partition coefficient (Wildman–Crippen LogP) is 2.54. The monoisotopic (exact) mass is 387 g/mol. The van der Waals surface area contributed by atoms with E-state index in [4.69, 9.17) is 0 Å². The van der Waals surface area contributed by atoms with Gasteiger partial charge in [0.15, 0.2) is 5.17 Å². The molecule has 134 valence electrons. The number of nitrogens with zero attached hydrogens (tertiary/aromatic N) is 2. The quantitative estimate of drug-likeness (QED) is 0.876. The number of thioether (sulfide) groups is 1. The SMILES string of the molecule is Cc1cccc(CNC(=O)c2ccc3c(c2)SC2=NS(=O)(=O)CCN23)c1. The van der Waals surface area contributed by atoms with Crippen LogP contribution in [0.1, 0.15) is 21.5 Å². The number of amides is 1. The molecular formula is C18H17N3O3S2. The van der Waals surface area contributed by atoms with E-state index in [1.807, 2.05) is 42.2 Å². The van der Waals surface area contributed by atoms with E-state index in [0.29, 0.717) is 23.8 Å². The van der Waals surface area contributed by atoms with Gasteiger partial charge in [-0.2, -0.15) is 0 Å². The standard InChI is InChI=1S/C18H17N3O3S2/c1-12-3-2-4-13(9-12)11-19-17(22)14-5-6-15-16(10-14)25-18-20-26(23,24)8-7-21(15)18/h2-6,9-10H,7-8,11H2,1H3,(H,19,22). The van der Waals surface area contributed by atoms with Gasteiger partial charge in [0, 0.05) is 23.5 Å². The Balaban J connectivity index is 1.51. The van der Waals surface area contributed by atoms with Crippen molar-refractivity contribution in [2.24, 2.45) is 4.40 Å². The Morgan fingerprint density at radius 3 is 2.92 bits per heavy atom. The van der Waals surface area contributed by atoms with Gasteiger partial charge in [0.1, 0.15) is 0 Å². The fourth-order valence-corrected chi connectivity index (χ4v) is 5.27. The average Bonchev–Trinajstić information content (AvgIpc) is 2.94. The van der Waals surface area contributed by atoms with Gasteiger partial charge in [-0.1, -0.05) is 29.8 Å². The molecule has 26 heavy (non-hydrogen) atoms. The van der Waals surface area contributed by atoms with E-state index >= 15 is 0 Å². The first-order valence-corrected chi connectivity index (χ1v) is 10.6. The molecule has 0 saturated heterocycles. The van der Waals surface area contributed by atoms with Gasteiger partial charge in [0.2, 0.25) is 0 Å². The van der Waals surface area contributed by atoms with Crippen molar-refractivity contribution in [2.75, 3.05) is 17.2 Å². The normalized spacial score (nSPS) is 17.3. The lowest BCUT2D eigenvalue weighted by Gasteiger charge is -2.22. The van der Waals surface area contributed by atoms with E-state index < -0.39 is 10.0 Å². The van der Waals surface area contributed by atoms with Crippen molar-refractivity contribution >= 4 is 38.5 Å². The van der Waals surface area contributed by atoms with Crippen LogP contribution in [0.25, 0.3) is 0 Å². The van der Waals surface area contributed by atoms with Crippen LogP contribution in [0.15, 0.2) is 51.8 Å². The van der Waals surface area contributed by atoms with Crippen LogP contribution in [0.2, 0.25) is 0 Å². The van der Waals surface area contributed by atoms with Crippen LogP contribution in [0.3, 0.4) is 0 Å². The summed E-state index contributed by atoms with van der Waals surface area (Å²) in [6, 6.07) is 13.4. The molecule has 4 rings (SSSR count). The molecule has 2 aliphatic heterocycles. The number of nitrogens with one attached hydrogen (secondary N) is 1. The molecular weight excluding hydrogens is 370 g/mol. The molecule has 0 bridgehead atoms. The summed E-state index contributed by atoms with van der Waals surface area (Å²) in [4.78, 5) is 15.2. The maximum Gasteiger partial charge on any atom is 0.257 e. The van der Waals surface area contributed by atoms with Crippen molar-refractivity contribution < 1.29 is 13.2 Å². The number of sulfonamides is 1. The number of aryl methyl sites for hydroxylation is 1. The molecule has 0 fully saturated rings. The van der Waals surface area contributed by atoms with Gasteiger partial charge in [0.25, 0.3) is 15.9 Å². The van der Waals surface area contributed by atoms with Gasteiger partial charge in [-0.15, -0.1) is 4.40 Å². The van der Waals surface area contributed by atoms with E-state index in [1.165, 1.54) is 11.8 Å². The Morgan fingerprint density at radius 2 is 2.12 bits per heavy atom. The summed E-state index contributed by atoms with van der Waals surface area (Å²) in [6.45, 7) is 2.86. The molecule has 1 amide bonds. The van der Waals surface area contributed by atoms with Gasteiger partial charge >= 0.3 is 0 Å². The van der Waals surface area contributed by atoms with Crippen molar-refractivity contribution in [1.29, 1.82) is 0 Å². The smallest absolute Gasteiger partial charge is 0.257 e. The van der Waals surface area contributed by atoms with Crippen LogP contribution in [0.5, 0.6) is 0 Å². The Kier molecular flexibility index (Phi) is 4.24. The largest absolute Gasteiger partial charge is 0.348 e. The lowest BCUT2D eigenvalue weighted by Crippen LogP contribution is -2.35. The fraction of sp³-hybridized carbons (Fsp3) is 0.222. The lowest BCUT2D eigenvalue weighted by atomic mass is 10.1. The third-order valence-electron chi connectivity index (χ3n) is 4.27. The Morgan fingerprint density at radius 1 is 1.27 bits per heavy atom. The highest BCUT2D eigenvalue weighted by atomic mass is 32.2. The van der Waals surface area contributed by atoms with E-state index in [9.17, 15) is 13.2 Å². The first kappa shape index (κ1) is 17.1. The summed E-state index contributed by atoms with van der Waals surface area (Å²) in [7, 11) is -3.38. The number of carbonyl (C=O) groups is 1. The van der Waals surface area contributed by atoms with Crippen LogP contribution >= 0.6 is 11.8 Å². The van der Waals surface area contributed by atoms with Crippen molar-refractivity contribution in [1.82, 2.24) is 5.32 Å². The van der Waals surface area contributed by atoms with Crippen molar-refractivity contribution in [3.63, 3.8) is 0 Å². The maximum absolute atomic E-state index is 12.5. The molecule has 6 nitrogen and oxygen atoms in total. The van der Waals surface area contributed by atoms with Crippen molar-refractivity contribution in [3.05, 3.63) is 59.2 Å². The van der Waals surface area contributed by atoms with Crippen LogP contribution in [0.4, 0.5) is 5.69 Å². The Hall–Kier alpha value is -2.32. The van der Waals surface area contributed by atoms with Gasteiger partial charge in [-0.05, 0) is 42.4 Å². The second kappa shape index (κ2) is 6.44. The summed E-state index contributed by atoms with van der Waals surface area (Å²) < 4.78 is 27.2. The third kappa shape index (κ3) is 3.34. The van der Waals surface area contributed by atoms with E-state index in [1.54, 1.807) is 12.1 Å². The summed E-state index contributed by atoms with van der Waals surface area (Å²) >= 11 is 1.29. The molecule has 0 unspecified atom stereocenters. The van der Waals surface area contributed by atoms with Gasteiger partial charge < -0.3 is 10.2 Å². The molecule has 2 aromatic rings. The van der Waals surface area contributed by atoms with Crippen LogP contribution < -0.4 is 10.2 Å². The first-order chi connectivity index (χ1) is 12.4. The molecule has 8 heteroatoms. The van der Waals surface area contributed by atoms with Crippen molar-refractivity contribution in [3.8, 4) is 0 Å². The number of rotatable bonds is 3. The second-order valence-electron chi connectivity index (χ2n) is 6.27. The molecule has 0 aromatic heterocycles. The molecule has 0 spiro atoms. The number of hydrogen-bond acceptors (Lipinski definition) is 5. The highest BCUT2D eigenvalue weighted by Crippen LogP contribution is 2.42. The molecule has 2 aliphatic rings. The minimum absolute atomic E-state index is 0.00916. The van der Waals surface area contributed by atoms with Gasteiger partial charge in [-0.3, -0.25) is 4.79 Å². The minimum Gasteiger partial charge on any atom is -0.348 e. The molecule has 1 N–H and O–H groups in total. The average molecular weight is 387 g/mol. The van der Waals surface area contributed by atoms with E-state index in [-0.39, 0.29) is 11.7 Å². The zero-order valence-electron chi connectivity index (χ0n) is 14.1. The van der Waals surface area contributed by atoms with Crippen molar-refractivity contribution in [2.45, 2.75) is 18.4 Å². The first-order valence-electron chi connectivity index (χ1n) is 8.17. The van der Waals surface area contributed by atoms with Gasteiger partial charge in [0.05, 0.1) is 11.4 Å². The summed E-state index contributed by atoms with van der Waals surface area (Å²) in [5.41, 5.74) is 3.65. The molecule has 0 radical (unpaired) electrons. The zero-order valence-corrected chi connectivity index (χ0v) is 15.7. The number of hydrogen-bond donors (Lipinski definition) is 1. The van der Waals surface area contributed by atoms with Gasteiger partial charge in [-0.25, -0.2) is 8.42 Å². The summed E-state index contributed by atoms with van der Waals surface area (Å²) in [5.74, 6) is -0.149. The fourth-order valence-electron chi connectivity index (χ4n) is 2.98. The molecule has 0 saturated carbocycles. The van der Waals surface area contributed by atoms with E-state index in [0.717, 1.165) is 21.7 Å². The maximum atomic E-state index is 12.5. The zero-order chi connectivity index (χ0) is 18.3. The topological polar surface area (TPSA) is 78.8 Å². The lowest BCUT2D eigenvalue weighted by molar-refractivity contribution is 0.0950. The second-order valence-corrected chi connectivity index (χ2v) is 9.03. The van der Waals surface area contributed by atoms with Crippen LogP contribution in [0, 0.1) is 6.92 Å². The number of anilines is 1. The van der Waals surface area contributed by atoms with Crippen LogP contribution in [-0.4, -0.2) is 31.8 Å². The molecule has 2 heterocycles. The number of amidine groups is 1. The molecule has 0 aliphatic carbocycles. The highest BCUT2D eigenvalue weighted by molar-refractivity contribution is 8.15. The van der Waals surface area contributed by atoms with Crippen LogP contribution in [-0.2, 0) is 16.6 Å². The Bertz CT molecular complexity index is 1030. The summed E-state index contributed by atoms with van der Waals surface area (Å²) in [5, 5.41) is 3.38. The predicted molar refractivity (Wildman–Crippen MR) is 103 cm³/mol. The number of carbonyl (C=O) groups excluding carboxylic acids is 1. The summed E-state index contributed by atoms with van der Waals surface area (Å²) in [6.07, 6.45) is 0. The Labute approximate surface area is 156 Å².